The van der Waals surface area contributed by atoms with Crippen LogP contribution in [0.4, 0.5) is 0 Å². The Hall–Kier alpha value is -0.710. The highest BCUT2D eigenvalue weighted by molar-refractivity contribution is 8.34. The second kappa shape index (κ2) is 3.46. The van der Waals surface area contributed by atoms with E-state index in [1.807, 2.05) is 30.3 Å². The molecule has 0 radical (unpaired) electrons. The maximum absolute atomic E-state index is 11.4. The molecule has 14 heavy (non-hydrogen) atoms. The van der Waals surface area contributed by atoms with Crippen LogP contribution in [0.1, 0.15) is 5.56 Å². The van der Waals surface area contributed by atoms with Crippen molar-refractivity contribution in [1.29, 1.82) is 0 Å². The summed E-state index contributed by atoms with van der Waals surface area (Å²) in [5.74, 6) is 0. The molecule has 0 N–H and O–H groups in total. The van der Waals surface area contributed by atoms with E-state index in [-0.39, 0.29) is 0 Å². The standard InChI is InChI=1S/C9H6ClNOS2/c10-8-6-14(12,13)11-9(8)7-4-2-1-3-5-7/h1-6H. The van der Waals surface area contributed by atoms with E-state index < -0.39 is 8.68 Å². The number of allylic oxidation sites excluding steroid dienone is 1. The van der Waals surface area contributed by atoms with Crippen LogP contribution >= 0.6 is 11.6 Å². The van der Waals surface area contributed by atoms with E-state index >= 15 is 0 Å². The third-order valence-electron chi connectivity index (χ3n) is 1.74. The summed E-state index contributed by atoms with van der Waals surface area (Å²) in [7, 11) is -2.67. The summed E-state index contributed by atoms with van der Waals surface area (Å²) in [5, 5.41) is 1.70. The Morgan fingerprint density at radius 3 is 2.43 bits per heavy atom. The molecule has 1 heterocycles. The van der Waals surface area contributed by atoms with Crippen molar-refractivity contribution in [1.82, 2.24) is 0 Å². The molecule has 2 nitrogen and oxygen atoms in total. The molecule has 1 unspecified atom stereocenters. The van der Waals surface area contributed by atoms with Gasteiger partial charge in [-0.2, -0.15) is 4.40 Å². The number of benzene rings is 1. The van der Waals surface area contributed by atoms with Gasteiger partial charge in [-0.15, -0.1) is 0 Å². The van der Waals surface area contributed by atoms with Crippen molar-refractivity contribution in [2.45, 2.75) is 0 Å². The van der Waals surface area contributed by atoms with Crippen LogP contribution in [0, 0.1) is 0 Å². The van der Waals surface area contributed by atoms with Gasteiger partial charge in [-0.3, -0.25) is 0 Å². The molecule has 1 aliphatic heterocycles. The van der Waals surface area contributed by atoms with Gasteiger partial charge in [0.1, 0.15) is 5.71 Å². The van der Waals surface area contributed by atoms with Crippen LogP contribution in [0.2, 0.25) is 0 Å². The van der Waals surface area contributed by atoms with Crippen LogP contribution in [0.5, 0.6) is 0 Å². The molecule has 1 aromatic carbocycles. The van der Waals surface area contributed by atoms with Gasteiger partial charge >= 0.3 is 0 Å². The second-order valence-corrected chi connectivity index (χ2v) is 6.07. The minimum absolute atomic E-state index is 0.371. The number of nitrogens with zero attached hydrogens (tertiary/aromatic N) is 1. The Morgan fingerprint density at radius 1 is 1.29 bits per heavy atom. The van der Waals surface area contributed by atoms with E-state index in [4.69, 9.17) is 22.8 Å². The first kappa shape index (κ1) is 9.83. The number of hydrogen-bond donors (Lipinski definition) is 0. The molecule has 1 atom stereocenters. The lowest BCUT2D eigenvalue weighted by Gasteiger charge is -1.98. The van der Waals surface area contributed by atoms with Gasteiger partial charge in [-0.1, -0.05) is 41.9 Å². The SMILES string of the molecule is O=S1(=S)C=C(Cl)C(c2ccccc2)=N1. The molecule has 0 spiro atoms. The minimum atomic E-state index is -2.67. The van der Waals surface area contributed by atoms with Crippen molar-refractivity contribution < 1.29 is 4.21 Å². The van der Waals surface area contributed by atoms with Crippen molar-refractivity contribution in [3.05, 3.63) is 46.3 Å². The monoisotopic (exact) mass is 243 g/mol. The Labute approximate surface area is 92.1 Å². The highest BCUT2D eigenvalue weighted by Gasteiger charge is 2.18. The third kappa shape index (κ3) is 1.87. The lowest BCUT2D eigenvalue weighted by Crippen LogP contribution is -1.97. The van der Waals surface area contributed by atoms with Gasteiger partial charge < -0.3 is 0 Å². The van der Waals surface area contributed by atoms with Gasteiger partial charge in [0.25, 0.3) is 0 Å². The third-order valence-corrected chi connectivity index (χ3v) is 3.64. The van der Waals surface area contributed by atoms with Crippen LogP contribution in [0.3, 0.4) is 0 Å². The van der Waals surface area contributed by atoms with Crippen molar-refractivity contribution in [2.75, 3.05) is 0 Å². The van der Waals surface area contributed by atoms with Crippen LogP contribution < -0.4 is 0 Å². The molecule has 5 heteroatoms. The fraction of sp³-hybridized carbons (Fsp3) is 0. The summed E-state index contributed by atoms with van der Waals surface area (Å²) < 4.78 is 15.4. The van der Waals surface area contributed by atoms with Crippen molar-refractivity contribution in [3.8, 4) is 0 Å². The van der Waals surface area contributed by atoms with Gasteiger partial charge in [0.05, 0.1) is 5.03 Å². The molecule has 72 valence electrons. The molecule has 0 aromatic heterocycles. The highest BCUT2D eigenvalue weighted by Crippen LogP contribution is 2.22. The molecule has 0 saturated heterocycles. The molecule has 0 saturated carbocycles. The molecule has 0 amide bonds. The minimum Gasteiger partial charge on any atom is -0.229 e. The van der Waals surface area contributed by atoms with Gasteiger partial charge in [-0.25, -0.2) is 4.21 Å². The fourth-order valence-electron chi connectivity index (χ4n) is 1.17. The van der Waals surface area contributed by atoms with Gasteiger partial charge in [0.15, 0.2) is 8.68 Å². The molecular formula is C9H6ClNOS2. The molecule has 1 aromatic rings. The van der Waals surface area contributed by atoms with Crippen LogP contribution in [0.25, 0.3) is 0 Å². The summed E-state index contributed by atoms with van der Waals surface area (Å²) >= 11 is 10.6. The molecule has 0 fully saturated rings. The van der Waals surface area contributed by atoms with E-state index in [0.29, 0.717) is 10.7 Å². The normalized spacial score (nSPS) is 25.8. The van der Waals surface area contributed by atoms with E-state index in [1.54, 1.807) is 0 Å². The molecule has 2 rings (SSSR count). The summed E-state index contributed by atoms with van der Waals surface area (Å²) in [5.41, 5.74) is 1.36. The molecule has 0 aliphatic carbocycles. The fourth-order valence-corrected chi connectivity index (χ4v) is 3.29. The quantitative estimate of drug-likeness (QED) is 0.757. The van der Waals surface area contributed by atoms with Crippen LogP contribution in [-0.2, 0) is 19.9 Å². The maximum atomic E-state index is 11.4. The first-order valence-corrected chi connectivity index (χ1v) is 6.74. The summed E-state index contributed by atoms with van der Waals surface area (Å²) in [6.07, 6.45) is 0. The zero-order valence-corrected chi connectivity index (χ0v) is 9.40. The maximum Gasteiger partial charge on any atom is 0.155 e. The second-order valence-electron chi connectivity index (χ2n) is 2.79. The first-order valence-electron chi connectivity index (χ1n) is 3.86. The smallest absolute Gasteiger partial charge is 0.155 e. The predicted octanol–water partition coefficient (Wildman–Crippen LogP) is 2.23. The summed E-state index contributed by atoms with van der Waals surface area (Å²) in [4.78, 5) is 0. The van der Waals surface area contributed by atoms with E-state index in [0.717, 1.165) is 5.56 Å². The van der Waals surface area contributed by atoms with Crippen LogP contribution in [0.15, 0.2) is 45.2 Å². The Balaban J connectivity index is 2.55. The van der Waals surface area contributed by atoms with Crippen LogP contribution in [-0.4, -0.2) is 9.92 Å². The highest BCUT2D eigenvalue weighted by atomic mass is 35.5. The van der Waals surface area contributed by atoms with Gasteiger partial charge in [0, 0.05) is 22.2 Å². The topological polar surface area (TPSA) is 29.4 Å². The predicted molar refractivity (Wildman–Crippen MR) is 62.4 cm³/mol. The zero-order valence-electron chi connectivity index (χ0n) is 7.01. The van der Waals surface area contributed by atoms with E-state index in [9.17, 15) is 4.21 Å². The Bertz CT molecular complexity index is 517. The molecule has 1 aliphatic rings. The Kier molecular flexibility index (Phi) is 2.43. The van der Waals surface area contributed by atoms with Crippen molar-refractivity contribution in [2.24, 2.45) is 4.40 Å². The van der Waals surface area contributed by atoms with Gasteiger partial charge in [0.2, 0.25) is 0 Å². The van der Waals surface area contributed by atoms with Gasteiger partial charge in [-0.05, 0) is 0 Å². The zero-order chi connectivity index (χ0) is 10.2. The molecular weight excluding hydrogens is 238 g/mol. The number of hydrogen-bond acceptors (Lipinski definition) is 2. The number of halogens is 1. The van der Waals surface area contributed by atoms with Crippen molar-refractivity contribution in [3.63, 3.8) is 0 Å². The van der Waals surface area contributed by atoms with E-state index in [1.165, 1.54) is 5.41 Å². The molecule has 0 bridgehead atoms. The summed E-state index contributed by atoms with van der Waals surface area (Å²) in [6, 6.07) is 9.33. The Morgan fingerprint density at radius 2 is 1.93 bits per heavy atom. The largest absolute Gasteiger partial charge is 0.229 e. The average Bonchev–Trinajstić information content (AvgIpc) is 2.41. The van der Waals surface area contributed by atoms with Crippen molar-refractivity contribution >= 4 is 37.2 Å². The number of rotatable bonds is 1. The summed E-state index contributed by atoms with van der Waals surface area (Å²) in [6.45, 7) is 0. The average molecular weight is 244 g/mol. The lowest BCUT2D eigenvalue weighted by molar-refractivity contribution is 0.689. The first-order chi connectivity index (χ1) is 6.58. The van der Waals surface area contributed by atoms with E-state index in [2.05, 4.69) is 4.40 Å². The lowest BCUT2D eigenvalue weighted by atomic mass is 10.1.